The van der Waals surface area contributed by atoms with Crippen LogP contribution in [-0.4, -0.2) is 37.6 Å². The van der Waals surface area contributed by atoms with E-state index >= 15 is 0 Å². The number of aromatic nitrogens is 5. The van der Waals surface area contributed by atoms with Crippen LogP contribution in [-0.2, 0) is 6.54 Å². The Morgan fingerprint density at radius 2 is 2.06 bits per heavy atom. The summed E-state index contributed by atoms with van der Waals surface area (Å²) in [7, 11) is 1.52. The van der Waals surface area contributed by atoms with Gasteiger partial charge >= 0.3 is 0 Å². The number of nitriles is 1. The van der Waals surface area contributed by atoms with E-state index in [1.807, 2.05) is 35.0 Å². The quantitative estimate of drug-likeness (QED) is 0.442. The van der Waals surface area contributed by atoms with Crippen molar-refractivity contribution in [2.45, 2.75) is 6.54 Å². The lowest BCUT2D eigenvalue weighted by Crippen LogP contribution is -2.13. The van der Waals surface area contributed by atoms with Crippen LogP contribution in [0.2, 0.25) is 0 Å². The maximum absolute atomic E-state index is 14.6. The van der Waals surface area contributed by atoms with Crippen LogP contribution in [0.1, 0.15) is 5.69 Å². The number of fused-ring (bicyclic) bond motifs is 2. The van der Waals surface area contributed by atoms with Crippen LogP contribution >= 0.6 is 0 Å². The maximum atomic E-state index is 14.6. The van der Waals surface area contributed by atoms with Crippen molar-refractivity contribution in [1.29, 1.82) is 5.26 Å². The molecule has 1 N–H and O–H groups in total. The number of ether oxygens (including phenoxy) is 1. The van der Waals surface area contributed by atoms with E-state index in [2.05, 4.69) is 26.3 Å². The Balaban J connectivity index is 1.38. The molecule has 158 valence electrons. The Labute approximate surface area is 182 Å². The SMILES string of the molecule is COc1ccc(F)c2c1cc(C#N)n2CCNc1cc(-c2ccc3nccn3c2)ncn1. The first-order valence-corrected chi connectivity index (χ1v) is 9.93. The number of hydrogen-bond acceptors (Lipinski definition) is 6. The van der Waals surface area contributed by atoms with E-state index in [0.717, 1.165) is 16.9 Å². The highest BCUT2D eigenvalue weighted by Crippen LogP contribution is 2.31. The molecule has 4 heterocycles. The van der Waals surface area contributed by atoms with Crippen molar-refractivity contribution in [3.05, 3.63) is 72.8 Å². The fraction of sp³-hybridized carbons (Fsp3) is 0.130. The van der Waals surface area contributed by atoms with E-state index in [0.29, 0.717) is 41.3 Å². The summed E-state index contributed by atoms with van der Waals surface area (Å²) in [5.41, 5.74) is 3.26. The average molecular weight is 427 g/mol. The lowest BCUT2D eigenvalue weighted by molar-refractivity contribution is 0.419. The van der Waals surface area contributed by atoms with Crippen LogP contribution < -0.4 is 10.1 Å². The van der Waals surface area contributed by atoms with Gasteiger partial charge in [-0.25, -0.2) is 19.3 Å². The summed E-state index contributed by atoms with van der Waals surface area (Å²) < 4.78 is 23.4. The predicted molar refractivity (Wildman–Crippen MR) is 118 cm³/mol. The van der Waals surface area contributed by atoms with Crippen molar-refractivity contribution in [1.82, 2.24) is 23.9 Å². The lowest BCUT2D eigenvalue weighted by atomic mass is 10.2. The Hall–Kier alpha value is -4.45. The van der Waals surface area contributed by atoms with Crippen molar-refractivity contribution in [3.8, 4) is 23.1 Å². The molecule has 0 aliphatic heterocycles. The van der Waals surface area contributed by atoms with Gasteiger partial charge in [-0.3, -0.25) is 0 Å². The minimum atomic E-state index is -0.401. The van der Waals surface area contributed by atoms with E-state index < -0.39 is 5.82 Å². The van der Waals surface area contributed by atoms with Crippen LogP contribution in [0.25, 0.3) is 27.8 Å². The van der Waals surface area contributed by atoms with E-state index in [1.165, 1.54) is 19.5 Å². The number of rotatable bonds is 6. The fourth-order valence-corrected chi connectivity index (χ4v) is 3.79. The zero-order chi connectivity index (χ0) is 22.1. The van der Waals surface area contributed by atoms with Gasteiger partial charge in [0.2, 0.25) is 0 Å². The second kappa shape index (κ2) is 8.00. The smallest absolute Gasteiger partial charge is 0.147 e. The second-order valence-electron chi connectivity index (χ2n) is 7.13. The summed E-state index contributed by atoms with van der Waals surface area (Å²) in [4.78, 5) is 12.9. The summed E-state index contributed by atoms with van der Waals surface area (Å²) in [6.45, 7) is 0.808. The molecule has 0 aliphatic carbocycles. The zero-order valence-electron chi connectivity index (χ0n) is 17.2. The number of benzene rings is 1. The molecular formula is C23H18FN7O. The summed E-state index contributed by atoms with van der Waals surface area (Å²) in [5, 5.41) is 13.3. The van der Waals surface area contributed by atoms with Gasteiger partial charge < -0.3 is 19.0 Å². The van der Waals surface area contributed by atoms with Gasteiger partial charge in [-0.05, 0) is 30.3 Å². The molecule has 0 unspecified atom stereocenters. The topological polar surface area (TPSA) is 93.1 Å². The highest BCUT2D eigenvalue weighted by molar-refractivity contribution is 5.88. The predicted octanol–water partition coefficient (Wildman–Crippen LogP) is 3.88. The normalized spacial score (nSPS) is 11.0. The average Bonchev–Trinajstić information content (AvgIpc) is 3.44. The molecule has 0 atom stereocenters. The summed E-state index contributed by atoms with van der Waals surface area (Å²) in [6.07, 6.45) is 7.06. The van der Waals surface area contributed by atoms with Gasteiger partial charge in [-0.1, -0.05) is 0 Å². The number of pyridine rings is 1. The third-order valence-electron chi connectivity index (χ3n) is 5.30. The summed E-state index contributed by atoms with van der Waals surface area (Å²) in [6, 6.07) is 12.4. The minimum Gasteiger partial charge on any atom is -0.496 e. The van der Waals surface area contributed by atoms with Gasteiger partial charge in [-0.2, -0.15) is 5.26 Å². The van der Waals surface area contributed by atoms with Crippen LogP contribution in [0.3, 0.4) is 0 Å². The number of halogens is 1. The van der Waals surface area contributed by atoms with Crippen LogP contribution in [0.15, 0.2) is 61.3 Å². The number of anilines is 1. The third kappa shape index (κ3) is 3.37. The molecule has 9 heteroatoms. The van der Waals surface area contributed by atoms with E-state index in [9.17, 15) is 9.65 Å². The molecule has 0 amide bonds. The highest BCUT2D eigenvalue weighted by Gasteiger charge is 2.16. The Bertz CT molecular complexity index is 1480. The van der Waals surface area contributed by atoms with Gasteiger partial charge in [0.1, 0.15) is 41.1 Å². The molecule has 5 rings (SSSR count). The number of hydrogen-bond donors (Lipinski definition) is 1. The molecule has 0 saturated carbocycles. The Kier molecular flexibility index (Phi) is 4.88. The molecule has 1 aromatic carbocycles. The van der Waals surface area contributed by atoms with Gasteiger partial charge in [0, 0.05) is 48.7 Å². The second-order valence-corrected chi connectivity index (χ2v) is 7.13. The molecule has 8 nitrogen and oxygen atoms in total. The molecular weight excluding hydrogens is 409 g/mol. The number of nitrogens with zero attached hydrogens (tertiary/aromatic N) is 6. The Morgan fingerprint density at radius 3 is 2.91 bits per heavy atom. The molecule has 4 aromatic heterocycles. The van der Waals surface area contributed by atoms with Crippen molar-refractivity contribution >= 4 is 22.4 Å². The standard InChI is InChI=1S/C23H18FN7O/c1-32-20-4-3-18(24)23-17(20)10-16(12-25)31(23)9-7-26-21-11-19(28-14-29-21)15-2-5-22-27-6-8-30(22)13-15/h2-6,8,10-11,13-14H,7,9H2,1H3,(H,26,28,29). The van der Waals surface area contributed by atoms with Crippen molar-refractivity contribution < 1.29 is 9.13 Å². The summed E-state index contributed by atoms with van der Waals surface area (Å²) in [5.74, 6) is 0.759. The molecule has 0 saturated heterocycles. The van der Waals surface area contributed by atoms with Crippen molar-refractivity contribution in [2.75, 3.05) is 19.0 Å². The van der Waals surface area contributed by atoms with Crippen LogP contribution in [0.5, 0.6) is 5.75 Å². The van der Waals surface area contributed by atoms with Crippen LogP contribution in [0.4, 0.5) is 10.2 Å². The molecule has 0 spiro atoms. The van der Waals surface area contributed by atoms with Gasteiger partial charge in [0.05, 0.1) is 18.3 Å². The first kappa shape index (κ1) is 19.5. The van der Waals surface area contributed by atoms with E-state index in [4.69, 9.17) is 4.74 Å². The molecule has 0 fully saturated rings. The first-order chi connectivity index (χ1) is 15.7. The minimum absolute atomic E-state index is 0.347. The van der Waals surface area contributed by atoms with Gasteiger partial charge in [0.25, 0.3) is 0 Å². The fourth-order valence-electron chi connectivity index (χ4n) is 3.79. The van der Waals surface area contributed by atoms with Gasteiger partial charge in [-0.15, -0.1) is 0 Å². The van der Waals surface area contributed by atoms with Crippen LogP contribution in [0, 0.1) is 17.1 Å². The zero-order valence-corrected chi connectivity index (χ0v) is 17.2. The van der Waals surface area contributed by atoms with Gasteiger partial charge in [0.15, 0.2) is 0 Å². The molecule has 0 radical (unpaired) electrons. The van der Waals surface area contributed by atoms with E-state index in [-0.39, 0.29) is 0 Å². The molecule has 0 bridgehead atoms. The molecule has 0 aliphatic rings. The largest absolute Gasteiger partial charge is 0.496 e. The number of nitrogens with one attached hydrogen (secondary N) is 1. The van der Waals surface area contributed by atoms with E-state index in [1.54, 1.807) is 22.9 Å². The van der Waals surface area contributed by atoms with Crippen molar-refractivity contribution in [3.63, 3.8) is 0 Å². The van der Waals surface area contributed by atoms with Crippen molar-refractivity contribution in [2.24, 2.45) is 0 Å². The maximum Gasteiger partial charge on any atom is 0.147 e. The summed E-state index contributed by atoms with van der Waals surface area (Å²) >= 11 is 0. The third-order valence-corrected chi connectivity index (χ3v) is 5.30. The number of methoxy groups -OCH3 is 1. The molecule has 5 aromatic rings. The Morgan fingerprint density at radius 1 is 1.16 bits per heavy atom. The number of imidazole rings is 1. The lowest BCUT2D eigenvalue weighted by Gasteiger charge is -2.11. The first-order valence-electron chi connectivity index (χ1n) is 9.93. The molecule has 32 heavy (non-hydrogen) atoms. The monoisotopic (exact) mass is 427 g/mol. The highest BCUT2D eigenvalue weighted by atomic mass is 19.1.